The molecule has 0 bridgehead atoms. The standard InChI is InChI=1S/C19H22N6O4/c1-4-24-18(21-10-5-11-29-3)17(13(2)16(12-20)19(24)26)23-22-14-6-8-15(9-7-14)25(27)28/h6-9,21H,4-5,10-11H2,1-3H3. The number of anilines is 1. The van der Waals surface area contributed by atoms with Gasteiger partial charge in [-0.15, -0.1) is 5.11 Å². The number of pyridine rings is 1. The number of benzene rings is 1. The van der Waals surface area contributed by atoms with Crippen molar-refractivity contribution in [1.29, 1.82) is 5.26 Å². The first-order chi connectivity index (χ1) is 13.9. The maximum Gasteiger partial charge on any atom is 0.270 e. The lowest BCUT2D eigenvalue weighted by Crippen LogP contribution is -2.26. The second kappa shape index (κ2) is 10.1. The van der Waals surface area contributed by atoms with Crippen molar-refractivity contribution in [3.63, 3.8) is 0 Å². The monoisotopic (exact) mass is 398 g/mol. The van der Waals surface area contributed by atoms with Gasteiger partial charge in [0.1, 0.15) is 23.1 Å². The molecule has 1 heterocycles. The zero-order valence-electron chi connectivity index (χ0n) is 16.5. The number of nitrogens with one attached hydrogen (secondary N) is 1. The van der Waals surface area contributed by atoms with Gasteiger partial charge in [0.05, 0.1) is 10.6 Å². The van der Waals surface area contributed by atoms with E-state index >= 15 is 0 Å². The molecule has 1 aromatic heterocycles. The van der Waals surface area contributed by atoms with Gasteiger partial charge in [-0.05, 0) is 32.4 Å². The number of methoxy groups -OCH3 is 1. The number of nitro groups is 1. The topological polar surface area (TPSA) is 135 Å². The van der Waals surface area contributed by atoms with Crippen molar-refractivity contribution in [2.45, 2.75) is 26.8 Å². The summed E-state index contributed by atoms with van der Waals surface area (Å²) in [5.74, 6) is 0.468. The van der Waals surface area contributed by atoms with Crippen LogP contribution in [0, 0.1) is 28.4 Å². The first-order valence-electron chi connectivity index (χ1n) is 9.01. The number of ether oxygens (including phenoxy) is 1. The molecule has 0 atom stereocenters. The molecule has 10 heteroatoms. The SMILES string of the molecule is CCn1c(NCCCOC)c(N=Nc2ccc([N+](=O)[O-])cc2)c(C)c(C#N)c1=O. The van der Waals surface area contributed by atoms with Crippen LogP contribution in [0.1, 0.15) is 24.5 Å². The first-order valence-corrected chi connectivity index (χ1v) is 9.01. The highest BCUT2D eigenvalue weighted by Crippen LogP contribution is 2.31. The van der Waals surface area contributed by atoms with Crippen molar-refractivity contribution in [3.8, 4) is 6.07 Å². The van der Waals surface area contributed by atoms with Crippen LogP contribution >= 0.6 is 0 Å². The average molecular weight is 398 g/mol. The van der Waals surface area contributed by atoms with Crippen molar-refractivity contribution in [3.05, 3.63) is 55.9 Å². The van der Waals surface area contributed by atoms with E-state index in [4.69, 9.17) is 4.74 Å². The molecule has 2 rings (SSSR count). The van der Waals surface area contributed by atoms with Crippen LogP contribution < -0.4 is 10.9 Å². The van der Waals surface area contributed by atoms with Crippen molar-refractivity contribution < 1.29 is 9.66 Å². The van der Waals surface area contributed by atoms with E-state index < -0.39 is 10.5 Å². The second-order valence-electron chi connectivity index (χ2n) is 6.11. The Morgan fingerprint density at radius 2 is 2.00 bits per heavy atom. The predicted octanol–water partition coefficient (Wildman–Crippen LogP) is 3.82. The lowest BCUT2D eigenvalue weighted by molar-refractivity contribution is -0.384. The summed E-state index contributed by atoms with van der Waals surface area (Å²) in [4.78, 5) is 22.9. The number of hydrogen-bond acceptors (Lipinski definition) is 8. The van der Waals surface area contributed by atoms with Crippen molar-refractivity contribution in [1.82, 2.24) is 4.57 Å². The largest absolute Gasteiger partial charge is 0.385 e. The van der Waals surface area contributed by atoms with Gasteiger partial charge in [0.15, 0.2) is 0 Å². The summed E-state index contributed by atoms with van der Waals surface area (Å²) < 4.78 is 6.49. The summed E-state index contributed by atoms with van der Waals surface area (Å²) in [7, 11) is 1.61. The van der Waals surface area contributed by atoms with Gasteiger partial charge in [-0.2, -0.15) is 10.4 Å². The van der Waals surface area contributed by atoms with Crippen LogP contribution in [0.25, 0.3) is 0 Å². The van der Waals surface area contributed by atoms with Gasteiger partial charge in [-0.25, -0.2) is 0 Å². The van der Waals surface area contributed by atoms with E-state index in [1.54, 1.807) is 21.0 Å². The third-order valence-corrected chi connectivity index (χ3v) is 4.26. The van der Waals surface area contributed by atoms with E-state index in [2.05, 4.69) is 15.5 Å². The van der Waals surface area contributed by atoms with E-state index in [9.17, 15) is 20.2 Å². The zero-order chi connectivity index (χ0) is 21.4. The van der Waals surface area contributed by atoms with Gasteiger partial charge in [0.25, 0.3) is 11.2 Å². The smallest absolute Gasteiger partial charge is 0.270 e. The van der Waals surface area contributed by atoms with Crippen LogP contribution in [0.15, 0.2) is 39.3 Å². The van der Waals surface area contributed by atoms with Crippen LogP contribution in [0.2, 0.25) is 0 Å². The van der Waals surface area contributed by atoms with E-state index in [1.807, 2.05) is 6.07 Å². The first kappa shape index (κ1) is 21.7. The molecule has 0 saturated heterocycles. The Labute approximate surface area is 167 Å². The minimum atomic E-state index is -0.497. The number of non-ortho nitro benzene ring substituents is 1. The molecule has 0 radical (unpaired) electrons. The number of nitro benzene ring substituents is 1. The molecule has 0 aliphatic rings. The molecule has 1 N–H and O–H groups in total. The highest BCUT2D eigenvalue weighted by molar-refractivity contribution is 5.68. The molecule has 2 aromatic rings. The molecule has 0 amide bonds. The van der Waals surface area contributed by atoms with E-state index in [0.717, 1.165) is 0 Å². The molecule has 1 aromatic carbocycles. The number of azo groups is 1. The maximum absolute atomic E-state index is 12.6. The van der Waals surface area contributed by atoms with E-state index in [1.165, 1.54) is 28.8 Å². The molecule has 0 spiro atoms. The number of hydrogen-bond donors (Lipinski definition) is 1. The van der Waals surface area contributed by atoms with Crippen molar-refractivity contribution >= 4 is 22.9 Å². The molecule has 0 fully saturated rings. The van der Waals surface area contributed by atoms with Crippen LogP contribution in [-0.4, -0.2) is 29.8 Å². The minimum Gasteiger partial charge on any atom is -0.385 e. The zero-order valence-corrected chi connectivity index (χ0v) is 16.5. The number of rotatable bonds is 9. The fourth-order valence-corrected chi connectivity index (χ4v) is 2.73. The molecule has 152 valence electrons. The van der Waals surface area contributed by atoms with Crippen LogP contribution in [0.5, 0.6) is 0 Å². The number of aromatic nitrogens is 1. The average Bonchev–Trinajstić information content (AvgIpc) is 2.71. The quantitative estimate of drug-likeness (QED) is 0.295. The fourth-order valence-electron chi connectivity index (χ4n) is 2.73. The minimum absolute atomic E-state index is 0.00643. The van der Waals surface area contributed by atoms with Gasteiger partial charge < -0.3 is 10.1 Å². The summed E-state index contributed by atoms with van der Waals surface area (Å²) in [6.07, 6.45) is 0.715. The molecule has 0 unspecified atom stereocenters. The van der Waals surface area contributed by atoms with E-state index in [-0.39, 0.29) is 11.3 Å². The molecule has 10 nitrogen and oxygen atoms in total. The summed E-state index contributed by atoms with van der Waals surface area (Å²) >= 11 is 0. The Morgan fingerprint density at radius 1 is 1.31 bits per heavy atom. The van der Waals surface area contributed by atoms with Gasteiger partial charge >= 0.3 is 0 Å². The lowest BCUT2D eigenvalue weighted by Gasteiger charge is -2.17. The van der Waals surface area contributed by atoms with Crippen molar-refractivity contribution in [2.24, 2.45) is 10.2 Å². The van der Waals surface area contributed by atoms with Crippen LogP contribution in [-0.2, 0) is 11.3 Å². The summed E-state index contributed by atoms with van der Waals surface area (Å²) in [5.41, 5.74) is 0.767. The third-order valence-electron chi connectivity index (χ3n) is 4.26. The molecule has 0 aliphatic heterocycles. The van der Waals surface area contributed by atoms with Crippen molar-refractivity contribution in [2.75, 3.05) is 25.6 Å². The Kier molecular flexibility index (Phi) is 7.56. The van der Waals surface area contributed by atoms with Gasteiger partial charge in [-0.1, -0.05) is 0 Å². The van der Waals surface area contributed by atoms with Crippen LogP contribution in [0.3, 0.4) is 0 Å². The third kappa shape index (κ3) is 5.03. The second-order valence-corrected chi connectivity index (χ2v) is 6.11. The van der Waals surface area contributed by atoms with Gasteiger partial charge in [-0.3, -0.25) is 19.5 Å². The maximum atomic E-state index is 12.6. The summed E-state index contributed by atoms with van der Waals surface area (Å²) in [6, 6.07) is 7.56. The van der Waals surface area contributed by atoms with Gasteiger partial charge in [0, 0.05) is 44.5 Å². The number of nitriles is 1. The Balaban J connectivity index is 2.50. The summed E-state index contributed by atoms with van der Waals surface area (Å²) in [6.45, 7) is 4.89. The Bertz CT molecular complexity index is 1010. The molecular formula is C19H22N6O4. The summed E-state index contributed by atoms with van der Waals surface area (Å²) in [5, 5.41) is 31.8. The molecular weight excluding hydrogens is 376 g/mol. The molecule has 0 aliphatic carbocycles. The Morgan fingerprint density at radius 3 is 2.55 bits per heavy atom. The fraction of sp³-hybridized carbons (Fsp3) is 0.368. The lowest BCUT2D eigenvalue weighted by atomic mass is 10.1. The number of nitrogens with zero attached hydrogens (tertiary/aromatic N) is 5. The molecule has 29 heavy (non-hydrogen) atoms. The molecule has 0 saturated carbocycles. The normalized spacial score (nSPS) is 10.8. The highest BCUT2D eigenvalue weighted by atomic mass is 16.6. The van der Waals surface area contributed by atoms with E-state index in [0.29, 0.717) is 48.9 Å². The Hall–Kier alpha value is -3.58. The van der Waals surface area contributed by atoms with Crippen LogP contribution in [0.4, 0.5) is 22.9 Å². The van der Waals surface area contributed by atoms with Gasteiger partial charge in [0.2, 0.25) is 0 Å². The highest BCUT2D eigenvalue weighted by Gasteiger charge is 2.18. The predicted molar refractivity (Wildman–Crippen MR) is 108 cm³/mol.